The molecule has 0 fully saturated rings. The molecule has 0 amide bonds. The molecule has 0 saturated carbocycles. The summed E-state index contributed by atoms with van der Waals surface area (Å²) in [5.74, 6) is 0. The summed E-state index contributed by atoms with van der Waals surface area (Å²) in [6, 6.07) is 13.4. The molecule has 2 aromatic rings. The molecule has 0 bridgehead atoms. The Bertz CT molecular complexity index is 612. The number of hydrogen-bond donors (Lipinski definition) is 1. The van der Waals surface area contributed by atoms with Gasteiger partial charge < -0.3 is 5.32 Å². The van der Waals surface area contributed by atoms with Gasteiger partial charge in [0.2, 0.25) is 0 Å². The molecule has 1 N–H and O–H groups in total. The molecule has 0 aliphatic heterocycles. The van der Waals surface area contributed by atoms with Crippen molar-refractivity contribution in [3.63, 3.8) is 0 Å². The first-order chi connectivity index (χ1) is 9.60. The average Bonchev–Trinajstić information content (AvgIpc) is 2.46. The summed E-state index contributed by atoms with van der Waals surface area (Å²) < 4.78 is 0.486. The second kappa shape index (κ2) is 6.52. The van der Waals surface area contributed by atoms with Crippen LogP contribution in [0.1, 0.15) is 18.1 Å². The lowest BCUT2D eigenvalue weighted by Gasteiger charge is -2.07. The minimum absolute atomic E-state index is 0.0660. The first kappa shape index (κ1) is 14.5. The second-order valence-electron chi connectivity index (χ2n) is 4.45. The van der Waals surface area contributed by atoms with Gasteiger partial charge >= 0.3 is 0 Å². The van der Waals surface area contributed by atoms with Crippen LogP contribution in [0.2, 0.25) is 0 Å². The Hall–Kier alpha value is -1.88. The fourth-order valence-electron chi connectivity index (χ4n) is 1.86. The zero-order valence-corrected chi connectivity index (χ0v) is 12.7. The number of anilines is 1. The number of benzene rings is 2. The van der Waals surface area contributed by atoms with Crippen LogP contribution in [-0.4, -0.2) is 4.92 Å². The number of rotatable bonds is 5. The number of halogens is 1. The van der Waals surface area contributed by atoms with Crippen molar-refractivity contribution < 1.29 is 4.92 Å². The maximum Gasteiger partial charge on any atom is 0.285 e. The molecule has 0 aliphatic rings. The van der Waals surface area contributed by atoms with E-state index in [-0.39, 0.29) is 5.69 Å². The molecule has 0 spiro atoms. The van der Waals surface area contributed by atoms with Crippen molar-refractivity contribution >= 4 is 27.3 Å². The van der Waals surface area contributed by atoms with E-state index in [0.29, 0.717) is 11.0 Å². The first-order valence-electron chi connectivity index (χ1n) is 6.35. The molecule has 0 atom stereocenters. The molecule has 0 heterocycles. The molecule has 4 nitrogen and oxygen atoms in total. The highest BCUT2D eigenvalue weighted by Crippen LogP contribution is 2.28. The number of hydrogen-bond acceptors (Lipinski definition) is 3. The molecule has 104 valence electrons. The fraction of sp³-hybridized carbons (Fsp3) is 0.200. The Morgan fingerprint density at radius 2 is 1.80 bits per heavy atom. The van der Waals surface area contributed by atoms with Crippen molar-refractivity contribution in [2.75, 3.05) is 5.32 Å². The molecule has 2 rings (SSSR count). The monoisotopic (exact) mass is 334 g/mol. The summed E-state index contributed by atoms with van der Waals surface area (Å²) in [6.45, 7) is 2.76. The van der Waals surface area contributed by atoms with Gasteiger partial charge in [0.1, 0.15) is 0 Å². The van der Waals surface area contributed by atoms with Crippen LogP contribution in [0.15, 0.2) is 46.9 Å². The molecule has 0 unspecified atom stereocenters. The summed E-state index contributed by atoms with van der Waals surface area (Å²) in [6.07, 6.45) is 1.02. The number of aryl methyl sites for hydroxylation is 1. The lowest BCUT2D eigenvalue weighted by Crippen LogP contribution is -2.00. The van der Waals surface area contributed by atoms with Crippen LogP contribution >= 0.6 is 15.9 Å². The molecule has 0 radical (unpaired) electrons. The van der Waals surface area contributed by atoms with E-state index in [2.05, 4.69) is 52.4 Å². The SMILES string of the molecule is CCc1ccc(CNc2ccc(Br)c([N+](=O)[O-])c2)cc1. The topological polar surface area (TPSA) is 55.2 Å². The second-order valence-corrected chi connectivity index (χ2v) is 5.30. The molecule has 5 heteroatoms. The average molecular weight is 335 g/mol. The van der Waals surface area contributed by atoms with Crippen LogP contribution < -0.4 is 5.32 Å². The van der Waals surface area contributed by atoms with E-state index < -0.39 is 4.92 Å². The van der Waals surface area contributed by atoms with Crippen molar-refractivity contribution in [1.82, 2.24) is 0 Å². The third kappa shape index (κ3) is 3.57. The van der Waals surface area contributed by atoms with E-state index in [4.69, 9.17) is 0 Å². The highest BCUT2D eigenvalue weighted by molar-refractivity contribution is 9.10. The van der Waals surface area contributed by atoms with E-state index in [0.717, 1.165) is 17.7 Å². The maximum absolute atomic E-state index is 10.9. The predicted molar refractivity (Wildman–Crippen MR) is 83.9 cm³/mol. The van der Waals surface area contributed by atoms with Gasteiger partial charge in [0.05, 0.1) is 9.40 Å². The quantitative estimate of drug-likeness (QED) is 0.645. The summed E-state index contributed by atoms with van der Waals surface area (Å²) in [4.78, 5) is 10.5. The summed E-state index contributed by atoms with van der Waals surface area (Å²) in [5, 5.41) is 14.1. The lowest BCUT2D eigenvalue weighted by atomic mass is 10.1. The number of nitro benzene ring substituents is 1. The third-order valence-corrected chi connectivity index (χ3v) is 3.74. The Balaban J connectivity index is 2.06. The van der Waals surface area contributed by atoms with E-state index >= 15 is 0 Å². The molecule has 20 heavy (non-hydrogen) atoms. The molecular formula is C15H15BrN2O2. The fourth-order valence-corrected chi connectivity index (χ4v) is 2.25. The van der Waals surface area contributed by atoms with Gasteiger partial charge in [0, 0.05) is 18.3 Å². The van der Waals surface area contributed by atoms with Crippen LogP contribution in [0.25, 0.3) is 0 Å². The van der Waals surface area contributed by atoms with Gasteiger partial charge in [-0.1, -0.05) is 31.2 Å². The van der Waals surface area contributed by atoms with Gasteiger partial charge in [0.25, 0.3) is 5.69 Å². The largest absolute Gasteiger partial charge is 0.381 e. The van der Waals surface area contributed by atoms with Crippen molar-refractivity contribution in [1.29, 1.82) is 0 Å². The van der Waals surface area contributed by atoms with Crippen LogP contribution in [0.3, 0.4) is 0 Å². The standard InChI is InChI=1S/C15H15BrN2O2/c1-2-11-3-5-12(6-4-11)10-17-13-7-8-14(16)15(9-13)18(19)20/h3-9,17H,2,10H2,1H3. The van der Waals surface area contributed by atoms with Gasteiger partial charge in [-0.15, -0.1) is 0 Å². The van der Waals surface area contributed by atoms with E-state index in [1.807, 2.05) is 6.07 Å². The van der Waals surface area contributed by atoms with Crippen molar-refractivity contribution in [2.24, 2.45) is 0 Å². The molecular weight excluding hydrogens is 320 g/mol. The Kier molecular flexibility index (Phi) is 4.74. The van der Waals surface area contributed by atoms with Crippen molar-refractivity contribution in [3.05, 3.63) is 68.2 Å². The highest BCUT2D eigenvalue weighted by Gasteiger charge is 2.11. The Morgan fingerprint density at radius 1 is 1.15 bits per heavy atom. The van der Waals surface area contributed by atoms with Crippen molar-refractivity contribution in [2.45, 2.75) is 19.9 Å². The minimum atomic E-state index is -0.398. The normalized spacial score (nSPS) is 10.3. The number of nitrogens with one attached hydrogen (secondary N) is 1. The molecule has 2 aromatic carbocycles. The van der Waals surface area contributed by atoms with Gasteiger partial charge in [-0.3, -0.25) is 10.1 Å². The Labute approximate surface area is 126 Å². The van der Waals surface area contributed by atoms with E-state index in [9.17, 15) is 10.1 Å². The molecule has 0 aromatic heterocycles. The Morgan fingerprint density at radius 3 is 2.40 bits per heavy atom. The lowest BCUT2D eigenvalue weighted by molar-refractivity contribution is -0.385. The van der Waals surface area contributed by atoms with Gasteiger partial charge in [-0.05, 0) is 45.6 Å². The predicted octanol–water partition coefficient (Wildman–Crippen LogP) is 4.53. The smallest absolute Gasteiger partial charge is 0.285 e. The highest BCUT2D eigenvalue weighted by atomic mass is 79.9. The zero-order chi connectivity index (χ0) is 14.5. The summed E-state index contributed by atoms with van der Waals surface area (Å²) >= 11 is 3.17. The third-order valence-electron chi connectivity index (χ3n) is 3.07. The van der Waals surface area contributed by atoms with Crippen molar-refractivity contribution in [3.8, 4) is 0 Å². The maximum atomic E-state index is 10.9. The van der Waals surface area contributed by atoms with E-state index in [1.165, 1.54) is 11.6 Å². The molecule has 0 aliphatic carbocycles. The van der Waals surface area contributed by atoms with Gasteiger partial charge in [0.15, 0.2) is 0 Å². The van der Waals surface area contributed by atoms with Crippen LogP contribution in [0.5, 0.6) is 0 Å². The van der Waals surface area contributed by atoms with Crippen LogP contribution in [0, 0.1) is 10.1 Å². The summed E-state index contributed by atoms with van der Waals surface area (Å²) in [5.41, 5.74) is 3.25. The zero-order valence-electron chi connectivity index (χ0n) is 11.1. The van der Waals surface area contributed by atoms with Gasteiger partial charge in [-0.25, -0.2) is 0 Å². The van der Waals surface area contributed by atoms with E-state index in [1.54, 1.807) is 6.07 Å². The van der Waals surface area contributed by atoms with Crippen LogP contribution in [0.4, 0.5) is 11.4 Å². The summed E-state index contributed by atoms with van der Waals surface area (Å²) in [7, 11) is 0. The minimum Gasteiger partial charge on any atom is -0.381 e. The first-order valence-corrected chi connectivity index (χ1v) is 7.15. The number of nitrogens with zero attached hydrogens (tertiary/aromatic N) is 1. The molecule has 0 saturated heterocycles. The van der Waals surface area contributed by atoms with Crippen LogP contribution in [-0.2, 0) is 13.0 Å². The number of nitro groups is 1. The van der Waals surface area contributed by atoms with Gasteiger partial charge in [-0.2, -0.15) is 0 Å².